The number of nitrogens with one attached hydrogen (secondary N) is 1. The average Bonchev–Trinajstić information content (AvgIpc) is 2.77. The van der Waals surface area contributed by atoms with Crippen LogP contribution in [0.2, 0.25) is 0 Å². The number of benzene rings is 2. The third kappa shape index (κ3) is 6.48. The monoisotopic (exact) mass is 406 g/mol. The van der Waals surface area contributed by atoms with E-state index in [-0.39, 0.29) is 17.9 Å². The second-order valence-electron chi connectivity index (χ2n) is 7.98. The summed E-state index contributed by atoms with van der Waals surface area (Å²) < 4.78 is 5.91. The Morgan fingerprint density at radius 3 is 2.37 bits per heavy atom. The molecule has 0 atom stereocenters. The molecule has 1 aliphatic heterocycles. The van der Waals surface area contributed by atoms with Crippen molar-refractivity contribution in [1.29, 1.82) is 0 Å². The summed E-state index contributed by atoms with van der Waals surface area (Å²) in [4.78, 5) is 26.3. The SMILES string of the molecule is CC(C)NC(=O)c1ccc(OCC2CCN(C(=O)/C=C/c3ccccc3)CC2)cc1. The fraction of sp³-hybridized carbons (Fsp3) is 0.360. The van der Waals surface area contributed by atoms with Gasteiger partial charge in [0.1, 0.15) is 5.75 Å². The average molecular weight is 407 g/mol. The van der Waals surface area contributed by atoms with Crippen LogP contribution in [0.5, 0.6) is 5.75 Å². The zero-order valence-electron chi connectivity index (χ0n) is 17.7. The molecule has 0 saturated carbocycles. The number of ether oxygens (including phenoxy) is 1. The van der Waals surface area contributed by atoms with Gasteiger partial charge in [0, 0.05) is 30.8 Å². The Bertz CT molecular complexity index is 852. The van der Waals surface area contributed by atoms with Crippen molar-refractivity contribution in [1.82, 2.24) is 10.2 Å². The lowest BCUT2D eigenvalue weighted by Gasteiger charge is -2.31. The maximum Gasteiger partial charge on any atom is 0.251 e. The van der Waals surface area contributed by atoms with Gasteiger partial charge < -0.3 is 15.0 Å². The summed E-state index contributed by atoms with van der Waals surface area (Å²) in [5.74, 6) is 1.18. The van der Waals surface area contributed by atoms with Crippen LogP contribution >= 0.6 is 0 Å². The quantitative estimate of drug-likeness (QED) is 0.703. The standard InChI is InChI=1S/C25H30N2O3/c1-19(2)26-25(29)22-9-11-23(12-10-22)30-18-21-14-16-27(17-15-21)24(28)13-8-20-6-4-3-5-7-20/h3-13,19,21H,14-18H2,1-2H3,(H,26,29)/b13-8+. The highest BCUT2D eigenvalue weighted by atomic mass is 16.5. The molecule has 158 valence electrons. The van der Waals surface area contributed by atoms with E-state index in [1.54, 1.807) is 18.2 Å². The molecule has 1 aliphatic rings. The van der Waals surface area contributed by atoms with Crippen molar-refractivity contribution in [3.05, 3.63) is 71.8 Å². The molecule has 1 fully saturated rings. The van der Waals surface area contributed by atoms with E-state index in [9.17, 15) is 9.59 Å². The zero-order chi connectivity index (χ0) is 21.3. The van der Waals surface area contributed by atoms with Crippen molar-refractivity contribution >= 4 is 17.9 Å². The Kier molecular flexibility index (Phi) is 7.66. The van der Waals surface area contributed by atoms with Crippen molar-refractivity contribution in [3.63, 3.8) is 0 Å². The number of carbonyl (C=O) groups is 2. The molecule has 0 aliphatic carbocycles. The van der Waals surface area contributed by atoms with Crippen LogP contribution < -0.4 is 10.1 Å². The summed E-state index contributed by atoms with van der Waals surface area (Å²) in [5, 5.41) is 2.88. The van der Waals surface area contributed by atoms with Crippen molar-refractivity contribution in [2.75, 3.05) is 19.7 Å². The van der Waals surface area contributed by atoms with E-state index in [2.05, 4.69) is 5.32 Å². The molecule has 1 heterocycles. The van der Waals surface area contributed by atoms with Gasteiger partial charge >= 0.3 is 0 Å². The smallest absolute Gasteiger partial charge is 0.251 e. The van der Waals surface area contributed by atoms with Gasteiger partial charge in [-0.15, -0.1) is 0 Å². The third-order valence-electron chi connectivity index (χ3n) is 5.17. The molecule has 5 nitrogen and oxygen atoms in total. The first-order valence-corrected chi connectivity index (χ1v) is 10.6. The molecule has 1 saturated heterocycles. The summed E-state index contributed by atoms with van der Waals surface area (Å²) in [6, 6.07) is 17.2. The van der Waals surface area contributed by atoms with E-state index in [1.807, 2.05) is 67.3 Å². The van der Waals surface area contributed by atoms with Crippen molar-refractivity contribution in [2.24, 2.45) is 5.92 Å². The summed E-state index contributed by atoms with van der Waals surface area (Å²) in [6.45, 7) is 6.00. The predicted molar refractivity (Wildman–Crippen MR) is 119 cm³/mol. The van der Waals surface area contributed by atoms with Gasteiger partial charge in [0.15, 0.2) is 0 Å². The summed E-state index contributed by atoms with van der Waals surface area (Å²) >= 11 is 0. The lowest BCUT2D eigenvalue weighted by atomic mass is 9.97. The van der Waals surface area contributed by atoms with Crippen LogP contribution in [0.25, 0.3) is 6.08 Å². The number of hydrogen-bond acceptors (Lipinski definition) is 3. The molecule has 30 heavy (non-hydrogen) atoms. The number of piperidine rings is 1. The lowest BCUT2D eigenvalue weighted by Crippen LogP contribution is -2.38. The van der Waals surface area contributed by atoms with Gasteiger partial charge in [-0.05, 0) is 68.5 Å². The molecule has 5 heteroatoms. The molecule has 1 N–H and O–H groups in total. The molecule has 2 aromatic carbocycles. The van der Waals surface area contributed by atoms with Crippen LogP contribution in [0.1, 0.15) is 42.6 Å². The van der Waals surface area contributed by atoms with E-state index in [0.717, 1.165) is 37.2 Å². The van der Waals surface area contributed by atoms with Gasteiger partial charge in [-0.3, -0.25) is 9.59 Å². The van der Waals surface area contributed by atoms with Gasteiger partial charge in [-0.1, -0.05) is 30.3 Å². The van der Waals surface area contributed by atoms with Crippen LogP contribution in [0.15, 0.2) is 60.7 Å². The number of amides is 2. The van der Waals surface area contributed by atoms with Crippen LogP contribution in [0, 0.1) is 5.92 Å². The second kappa shape index (κ2) is 10.6. The molecule has 0 spiro atoms. The van der Waals surface area contributed by atoms with E-state index < -0.39 is 0 Å². The first kappa shape index (κ1) is 21.6. The topological polar surface area (TPSA) is 58.6 Å². The minimum Gasteiger partial charge on any atom is -0.493 e. The predicted octanol–water partition coefficient (Wildman–Crippen LogP) is 4.16. The Morgan fingerprint density at radius 2 is 1.73 bits per heavy atom. The largest absolute Gasteiger partial charge is 0.493 e. The van der Waals surface area contributed by atoms with Crippen molar-refractivity contribution < 1.29 is 14.3 Å². The number of carbonyl (C=O) groups excluding carboxylic acids is 2. The third-order valence-corrected chi connectivity index (χ3v) is 5.17. The highest BCUT2D eigenvalue weighted by molar-refractivity contribution is 5.94. The lowest BCUT2D eigenvalue weighted by molar-refractivity contribution is -0.127. The first-order chi connectivity index (χ1) is 14.5. The van der Waals surface area contributed by atoms with Gasteiger partial charge in [-0.2, -0.15) is 0 Å². The first-order valence-electron chi connectivity index (χ1n) is 10.6. The van der Waals surface area contributed by atoms with Gasteiger partial charge in [0.25, 0.3) is 5.91 Å². The van der Waals surface area contributed by atoms with E-state index in [1.165, 1.54) is 0 Å². The Morgan fingerprint density at radius 1 is 1.07 bits per heavy atom. The van der Waals surface area contributed by atoms with Gasteiger partial charge in [0.2, 0.25) is 5.91 Å². The maximum atomic E-state index is 12.4. The highest BCUT2D eigenvalue weighted by Crippen LogP contribution is 2.20. The van der Waals surface area contributed by atoms with E-state index >= 15 is 0 Å². The molecule has 3 rings (SSSR count). The fourth-order valence-corrected chi connectivity index (χ4v) is 3.42. The zero-order valence-corrected chi connectivity index (χ0v) is 17.7. The number of rotatable bonds is 7. The Hall–Kier alpha value is -3.08. The van der Waals surface area contributed by atoms with Crippen molar-refractivity contribution in [3.8, 4) is 5.75 Å². The molecule has 0 radical (unpaired) electrons. The summed E-state index contributed by atoms with van der Waals surface area (Å²) in [7, 11) is 0. The van der Waals surface area contributed by atoms with E-state index in [0.29, 0.717) is 18.1 Å². The van der Waals surface area contributed by atoms with Crippen LogP contribution in [-0.4, -0.2) is 42.5 Å². The van der Waals surface area contributed by atoms with Crippen molar-refractivity contribution in [2.45, 2.75) is 32.7 Å². The second-order valence-corrected chi connectivity index (χ2v) is 7.98. The highest BCUT2D eigenvalue weighted by Gasteiger charge is 2.22. The van der Waals surface area contributed by atoms with Crippen LogP contribution in [-0.2, 0) is 4.79 Å². The van der Waals surface area contributed by atoms with Gasteiger partial charge in [0.05, 0.1) is 6.61 Å². The molecular formula is C25H30N2O3. The minimum absolute atomic E-state index is 0.0634. The fourth-order valence-electron chi connectivity index (χ4n) is 3.42. The van der Waals surface area contributed by atoms with Crippen LogP contribution in [0.4, 0.5) is 0 Å². The molecule has 2 aromatic rings. The molecular weight excluding hydrogens is 376 g/mol. The molecule has 0 aromatic heterocycles. The Labute approximate surface area is 178 Å². The number of hydrogen-bond donors (Lipinski definition) is 1. The normalized spacial score (nSPS) is 14.8. The number of nitrogens with zero attached hydrogens (tertiary/aromatic N) is 1. The number of likely N-dealkylation sites (tertiary alicyclic amines) is 1. The van der Waals surface area contributed by atoms with Gasteiger partial charge in [-0.25, -0.2) is 0 Å². The molecule has 0 bridgehead atoms. The van der Waals surface area contributed by atoms with E-state index in [4.69, 9.17) is 4.74 Å². The maximum absolute atomic E-state index is 12.4. The Balaban J connectivity index is 1.41. The summed E-state index contributed by atoms with van der Waals surface area (Å²) in [5.41, 5.74) is 1.66. The molecule has 2 amide bonds. The minimum atomic E-state index is -0.0742. The molecule has 0 unspecified atom stereocenters. The summed E-state index contributed by atoms with van der Waals surface area (Å²) in [6.07, 6.45) is 5.38. The van der Waals surface area contributed by atoms with Crippen LogP contribution in [0.3, 0.4) is 0 Å².